The Labute approximate surface area is 279 Å². The molecular weight excluding hydrogens is 577 g/mol. The minimum absolute atomic E-state index is 1.24. The molecule has 0 aliphatic carbocycles. The van der Waals surface area contributed by atoms with Crippen LogP contribution in [0.15, 0.2) is 182 Å². The smallest absolute Gasteiger partial charge is 0.00139 e. The van der Waals surface area contributed by atoms with Gasteiger partial charge in [0.2, 0.25) is 0 Å². The van der Waals surface area contributed by atoms with Crippen LogP contribution >= 0.6 is 0 Å². The number of hydrogen-bond acceptors (Lipinski definition) is 0. The van der Waals surface area contributed by atoms with Crippen molar-refractivity contribution in [3.05, 3.63) is 182 Å². The summed E-state index contributed by atoms with van der Waals surface area (Å²) in [5.41, 5.74) is 7.59. The van der Waals surface area contributed by atoms with E-state index in [0.29, 0.717) is 0 Å². The molecule has 0 aromatic heterocycles. The minimum atomic E-state index is 1.24. The lowest BCUT2D eigenvalue weighted by Crippen LogP contribution is -1.93. The molecule has 0 unspecified atom stereocenters. The van der Waals surface area contributed by atoms with E-state index in [0.717, 1.165) is 0 Å². The van der Waals surface area contributed by atoms with Crippen LogP contribution in [0, 0.1) is 0 Å². The highest BCUT2D eigenvalue weighted by atomic mass is 14.2. The van der Waals surface area contributed by atoms with Gasteiger partial charge in [-0.05, 0) is 116 Å². The van der Waals surface area contributed by atoms with Crippen LogP contribution in [0.2, 0.25) is 0 Å². The van der Waals surface area contributed by atoms with Crippen molar-refractivity contribution in [2.45, 2.75) is 0 Å². The van der Waals surface area contributed by atoms with Gasteiger partial charge in [-0.15, -0.1) is 0 Å². The molecule has 0 N–H and O–H groups in total. The molecule has 222 valence electrons. The van der Waals surface area contributed by atoms with Crippen molar-refractivity contribution in [3.63, 3.8) is 0 Å². The molecule has 0 saturated carbocycles. The zero-order valence-electron chi connectivity index (χ0n) is 26.3. The number of rotatable bonds is 3. The Morgan fingerprint density at radius 3 is 1.42 bits per heavy atom. The van der Waals surface area contributed by atoms with Gasteiger partial charge in [0.25, 0.3) is 0 Å². The normalized spacial score (nSPS) is 11.8. The van der Waals surface area contributed by atoms with Crippen molar-refractivity contribution in [1.82, 2.24) is 0 Å². The van der Waals surface area contributed by atoms with Gasteiger partial charge >= 0.3 is 0 Å². The molecule has 10 aromatic rings. The lowest BCUT2D eigenvalue weighted by atomic mass is 9.82. The van der Waals surface area contributed by atoms with Gasteiger partial charge in [-0.25, -0.2) is 0 Å². The zero-order chi connectivity index (χ0) is 31.6. The maximum Gasteiger partial charge on any atom is -0.00139 e. The van der Waals surface area contributed by atoms with Gasteiger partial charge in [0, 0.05) is 0 Å². The topological polar surface area (TPSA) is 0 Å². The largest absolute Gasteiger partial charge is 0.0616 e. The predicted octanol–water partition coefficient (Wildman–Crippen LogP) is 13.6. The summed E-state index contributed by atoms with van der Waals surface area (Å²) in [5.74, 6) is 0. The van der Waals surface area contributed by atoms with Gasteiger partial charge in [0.05, 0.1) is 0 Å². The van der Waals surface area contributed by atoms with E-state index >= 15 is 0 Å². The molecule has 0 spiro atoms. The Morgan fingerprint density at radius 1 is 0.229 bits per heavy atom. The Hall–Kier alpha value is -6.24. The zero-order valence-corrected chi connectivity index (χ0v) is 26.3. The molecule has 0 heterocycles. The second kappa shape index (κ2) is 10.7. The van der Waals surface area contributed by atoms with Crippen molar-refractivity contribution < 1.29 is 0 Å². The first-order valence-corrected chi connectivity index (χ1v) is 16.7. The molecule has 0 aliphatic rings. The summed E-state index contributed by atoms with van der Waals surface area (Å²) in [7, 11) is 0. The second-order valence-electron chi connectivity index (χ2n) is 12.9. The first kappa shape index (κ1) is 26.9. The van der Waals surface area contributed by atoms with E-state index in [-0.39, 0.29) is 0 Å². The molecule has 0 bridgehead atoms. The molecule has 0 radical (unpaired) electrons. The third kappa shape index (κ3) is 4.16. The van der Waals surface area contributed by atoms with Crippen LogP contribution in [0.1, 0.15) is 0 Å². The number of fused-ring (bicyclic) bond motifs is 7. The minimum Gasteiger partial charge on any atom is -0.0616 e. The molecule has 0 heteroatoms. The third-order valence-corrected chi connectivity index (χ3v) is 10.2. The van der Waals surface area contributed by atoms with Crippen molar-refractivity contribution in [2.75, 3.05) is 0 Å². The second-order valence-corrected chi connectivity index (χ2v) is 12.9. The lowest BCUT2D eigenvalue weighted by Gasteiger charge is -2.20. The average Bonchev–Trinajstić information content (AvgIpc) is 3.16. The van der Waals surface area contributed by atoms with Gasteiger partial charge in [0.1, 0.15) is 0 Å². The van der Waals surface area contributed by atoms with Crippen LogP contribution in [0.25, 0.3) is 98.0 Å². The fraction of sp³-hybridized carbons (Fsp3) is 0. The average molecular weight is 607 g/mol. The summed E-state index contributed by atoms with van der Waals surface area (Å²) in [6.07, 6.45) is 0. The molecule has 10 aromatic carbocycles. The van der Waals surface area contributed by atoms with Gasteiger partial charge in [0.15, 0.2) is 0 Å². The highest BCUT2D eigenvalue weighted by Gasteiger charge is 2.20. The molecule has 0 fully saturated rings. The fourth-order valence-electron chi connectivity index (χ4n) is 7.93. The molecule has 10 rings (SSSR count). The van der Waals surface area contributed by atoms with Crippen LogP contribution in [-0.2, 0) is 0 Å². The van der Waals surface area contributed by atoms with E-state index in [1.54, 1.807) is 0 Å². The first-order valence-electron chi connectivity index (χ1n) is 16.7. The SMILES string of the molecule is c1ccc2cc(-c3ccc4cc(-c5c6ccccc6c(-c6cccc7ccccc67)c6c5ccc5ccccc56)ccc4c3)ccc2c1. The number of hydrogen-bond donors (Lipinski definition) is 0. The highest BCUT2D eigenvalue weighted by molar-refractivity contribution is 6.29. The lowest BCUT2D eigenvalue weighted by molar-refractivity contribution is 1.66. The standard InChI is InChI=1S/C48H30/c1-2-13-34-28-35(21-20-31(34)10-1)36-22-23-38-30-39(25-24-37(38)29-36)46-43-17-7-8-18-44(43)48(42-19-9-14-32-11-3-5-15-40(32)42)47-41-16-6-4-12-33(41)26-27-45(46)47/h1-30H. The molecule has 0 amide bonds. The summed E-state index contributed by atoms with van der Waals surface area (Å²) < 4.78 is 0. The van der Waals surface area contributed by atoms with Gasteiger partial charge in [-0.3, -0.25) is 0 Å². The van der Waals surface area contributed by atoms with E-state index in [1.165, 1.54) is 98.0 Å². The van der Waals surface area contributed by atoms with Crippen LogP contribution < -0.4 is 0 Å². The van der Waals surface area contributed by atoms with E-state index in [4.69, 9.17) is 0 Å². The molecule has 0 saturated heterocycles. The van der Waals surface area contributed by atoms with E-state index in [2.05, 4.69) is 182 Å². The Bertz CT molecular complexity index is 2890. The predicted molar refractivity (Wildman–Crippen MR) is 208 cm³/mol. The van der Waals surface area contributed by atoms with E-state index in [1.807, 2.05) is 0 Å². The number of benzene rings is 10. The summed E-state index contributed by atoms with van der Waals surface area (Å²) in [6, 6.07) is 67.2. The van der Waals surface area contributed by atoms with Crippen LogP contribution in [0.3, 0.4) is 0 Å². The summed E-state index contributed by atoms with van der Waals surface area (Å²) >= 11 is 0. The quantitative estimate of drug-likeness (QED) is 0.139. The Morgan fingerprint density at radius 2 is 0.688 bits per heavy atom. The van der Waals surface area contributed by atoms with E-state index < -0.39 is 0 Å². The Balaban J connectivity index is 1.24. The molecule has 0 aliphatic heterocycles. The van der Waals surface area contributed by atoms with Crippen molar-refractivity contribution in [3.8, 4) is 33.4 Å². The van der Waals surface area contributed by atoms with Crippen molar-refractivity contribution in [1.29, 1.82) is 0 Å². The van der Waals surface area contributed by atoms with Crippen LogP contribution in [0.4, 0.5) is 0 Å². The van der Waals surface area contributed by atoms with E-state index in [9.17, 15) is 0 Å². The maximum atomic E-state index is 2.38. The molecule has 0 atom stereocenters. The highest BCUT2D eigenvalue weighted by Crippen LogP contribution is 2.48. The fourth-order valence-corrected chi connectivity index (χ4v) is 7.93. The Kier molecular flexibility index (Phi) is 5.98. The van der Waals surface area contributed by atoms with Gasteiger partial charge in [-0.1, -0.05) is 164 Å². The van der Waals surface area contributed by atoms with Gasteiger partial charge in [-0.2, -0.15) is 0 Å². The van der Waals surface area contributed by atoms with Crippen LogP contribution in [-0.4, -0.2) is 0 Å². The summed E-state index contributed by atoms with van der Waals surface area (Å²) in [4.78, 5) is 0. The molecule has 48 heavy (non-hydrogen) atoms. The van der Waals surface area contributed by atoms with Crippen LogP contribution in [0.5, 0.6) is 0 Å². The third-order valence-electron chi connectivity index (χ3n) is 10.2. The molecular formula is C48H30. The monoisotopic (exact) mass is 606 g/mol. The van der Waals surface area contributed by atoms with Gasteiger partial charge < -0.3 is 0 Å². The maximum absolute atomic E-state index is 2.38. The summed E-state index contributed by atoms with van der Waals surface area (Å²) in [6.45, 7) is 0. The molecule has 0 nitrogen and oxygen atoms in total. The van der Waals surface area contributed by atoms with Crippen molar-refractivity contribution in [2.24, 2.45) is 0 Å². The summed E-state index contributed by atoms with van der Waals surface area (Å²) in [5, 5.41) is 15.2. The van der Waals surface area contributed by atoms with Crippen molar-refractivity contribution >= 4 is 64.6 Å². The first-order chi connectivity index (χ1) is 23.8.